The van der Waals surface area contributed by atoms with E-state index < -0.39 is 34.5 Å². The molecule has 2 nitrogen and oxygen atoms in total. The van der Waals surface area contributed by atoms with Crippen LogP contribution in [0.1, 0.15) is 5.82 Å². The summed E-state index contributed by atoms with van der Waals surface area (Å²) < 4.78 is 114. The number of aromatic nitrogens is 2. The van der Waals surface area contributed by atoms with Crippen molar-refractivity contribution in [3.05, 3.63) is 18.2 Å². The topological polar surface area (TPSA) is 8.81 Å². The molecular weight excluding hydrogens is 307 g/mol. The monoisotopic (exact) mass is 315 g/mol. The Morgan fingerprint density at radius 3 is 1.65 bits per heavy atom. The molecule has 1 heterocycles. The molecular formula is C9H8F9N2+. The van der Waals surface area contributed by atoms with Crippen molar-refractivity contribution in [3.8, 4) is 0 Å². The molecule has 0 amide bonds. The first kappa shape index (κ1) is 16.6. The quantitative estimate of drug-likeness (QED) is 0.599. The lowest BCUT2D eigenvalue weighted by Gasteiger charge is -2.31. The van der Waals surface area contributed by atoms with Crippen LogP contribution >= 0.6 is 0 Å². The van der Waals surface area contributed by atoms with Crippen molar-refractivity contribution < 1.29 is 44.1 Å². The molecule has 11 heteroatoms. The van der Waals surface area contributed by atoms with Gasteiger partial charge >= 0.3 is 24.1 Å². The molecule has 0 aliphatic carbocycles. The fourth-order valence-electron chi connectivity index (χ4n) is 1.37. The minimum absolute atomic E-state index is 0.287. The van der Waals surface area contributed by atoms with E-state index in [1.165, 1.54) is 0 Å². The minimum atomic E-state index is -6.89. The summed E-state index contributed by atoms with van der Waals surface area (Å²) >= 11 is 0. The van der Waals surface area contributed by atoms with E-state index >= 15 is 0 Å². The van der Waals surface area contributed by atoms with Gasteiger partial charge in [-0.15, -0.1) is 0 Å². The Kier molecular flexibility index (Phi) is 3.56. The third kappa shape index (κ3) is 2.03. The van der Waals surface area contributed by atoms with E-state index in [1.807, 2.05) is 0 Å². The SMILES string of the molecule is Cc1n(C(F)(F)C(F)(F)C(F)(F)C(F)(F)F)cc[n+]1C. The molecule has 1 aromatic rings. The van der Waals surface area contributed by atoms with Gasteiger partial charge in [0.15, 0.2) is 0 Å². The molecule has 0 saturated carbocycles. The second-order valence-corrected chi connectivity index (χ2v) is 4.01. The molecule has 0 N–H and O–H groups in total. The van der Waals surface area contributed by atoms with Crippen molar-refractivity contribution in [2.45, 2.75) is 31.0 Å². The van der Waals surface area contributed by atoms with Gasteiger partial charge < -0.3 is 0 Å². The Bertz CT molecular complexity index is 500. The molecule has 1 rings (SSSR count). The Morgan fingerprint density at radius 2 is 1.35 bits per heavy atom. The standard InChI is InChI=1S/C9H8F9N2/c1-5-19(2)3-4-20(5)9(17,18)7(12,13)6(10,11)8(14,15)16/h3-4H,1-2H3/q+1. The number of hydrogen-bond donors (Lipinski definition) is 0. The summed E-state index contributed by atoms with van der Waals surface area (Å²) in [6.07, 6.45) is -5.72. The van der Waals surface area contributed by atoms with Crippen molar-refractivity contribution in [3.63, 3.8) is 0 Å². The Morgan fingerprint density at radius 1 is 0.900 bits per heavy atom. The highest BCUT2D eigenvalue weighted by molar-refractivity contribution is 5.01. The van der Waals surface area contributed by atoms with Gasteiger partial charge in [0.05, 0.1) is 7.05 Å². The van der Waals surface area contributed by atoms with Crippen LogP contribution in [0.15, 0.2) is 12.4 Å². The zero-order chi connectivity index (χ0) is 16.1. The van der Waals surface area contributed by atoms with Crippen LogP contribution in [0.5, 0.6) is 0 Å². The fraction of sp³-hybridized carbons (Fsp3) is 0.667. The number of alkyl halides is 9. The lowest BCUT2D eigenvalue weighted by molar-refractivity contribution is -0.678. The van der Waals surface area contributed by atoms with E-state index in [-0.39, 0.29) is 6.20 Å². The fourth-order valence-corrected chi connectivity index (χ4v) is 1.37. The van der Waals surface area contributed by atoms with Crippen molar-refractivity contribution >= 4 is 0 Å². The number of nitrogens with zero attached hydrogens (tertiary/aromatic N) is 2. The van der Waals surface area contributed by atoms with Crippen LogP contribution in [0.4, 0.5) is 39.5 Å². The van der Waals surface area contributed by atoms with Gasteiger partial charge in [0.2, 0.25) is 0 Å². The summed E-state index contributed by atoms with van der Waals surface area (Å²) in [5.74, 6) is -14.2. The Balaban J connectivity index is 3.43. The van der Waals surface area contributed by atoms with Crippen LogP contribution in [-0.4, -0.2) is 22.6 Å². The number of imidazole rings is 1. The van der Waals surface area contributed by atoms with Crippen LogP contribution in [0.3, 0.4) is 0 Å². The second-order valence-electron chi connectivity index (χ2n) is 4.01. The van der Waals surface area contributed by atoms with Crippen LogP contribution in [0, 0.1) is 6.92 Å². The van der Waals surface area contributed by atoms with Crippen LogP contribution < -0.4 is 4.57 Å². The molecule has 20 heavy (non-hydrogen) atoms. The molecule has 0 bridgehead atoms. The average molecular weight is 315 g/mol. The smallest absolute Gasteiger partial charge is 0.237 e. The maximum Gasteiger partial charge on any atom is 0.469 e. The molecule has 0 spiro atoms. The average Bonchev–Trinajstić information content (AvgIpc) is 2.57. The highest BCUT2D eigenvalue weighted by Crippen LogP contribution is 2.54. The van der Waals surface area contributed by atoms with Gasteiger partial charge in [0.1, 0.15) is 12.4 Å². The zero-order valence-corrected chi connectivity index (χ0v) is 9.95. The second kappa shape index (κ2) is 4.29. The molecule has 0 atom stereocenters. The van der Waals surface area contributed by atoms with E-state index in [2.05, 4.69) is 0 Å². The summed E-state index contributed by atoms with van der Waals surface area (Å²) in [4.78, 5) is 0. The third-order valence-electron chi connectivity index (χ3n) is 2.73. The molecule has 0 aliphatic rings. The molecule has 0 fully saturated rings. The first-order valence-electron chi connectivity index (χ1n) is 4.92. The number of aryl methyl sites for hydroxylation is 1. The summed E-state index contributed by atoms with van der Waals surface area (Å²) in [5.41, 5.74) is 0. The van der Waals surface area contributed by atoms with Crippen LogP contribution in [-0.2, 0) is 13.1 Å². The van der Waals surface area contributed by atoms with Gasteiger partial charge in [-0.3, -0.25) is 0 Å². The zero-order valence-electron chi connectivity index (χ0n) is 9.95. The summed E-state index contributed by atoms with van der Waals surface area (Å²) in [6, 6.07) is -5.77. The summed E-state index contributed by atoms with van der Waals surface area (Å²) in [5, 5.41) is 0. The van der Waals surface area contributed by atoms with Crippen molar-refractivity contribution in [1.82, 2.24) is 4.57 Å². The molecule has 116 valence electrons. The lowest BCUT2D eigenvalue weighted by Crippen LogP contribution is -2.61. The van der Waals surface area contributed by atoms with E-state index in [4.69, 9.17) is 0 Å². The van der Waals surface area contributed by atoms with Gasteiger partial charge in [-0.2, -0.15) is 44.1 Å². The molecule has 0 aliphatic heterocycles. The van der Waals surface area contributed by atoms with Crippen molar-refractivity contribution in [1.29, 1.82) is 0 Å². The first-order chi connectivity index (χ1) is 8.68. The van der Waals surface area contributed by atoms with Crippen molar-refractivity contribution in [2.75, 3.05) is 0 Å². The highest BCUT2D eigenvalue weighted by Gasteiger charge is 2.84. The predicted octanol–water partition coefficient (Wildman–Crippen LogP) is 3.00. The molecule has 0 radical (unpaired) electrons. The largest absolute Gasteiger partial charge is 0.469 e. The van der Waals surface area contributed by atoms with Gasteiger partial charge in [-0.25, -0.2) is 4.57 Å². The van der Waals surface area contributed by atoms with E-state index in [9.17, 15) is 39.5 Å². The maximum absolute atomic E-state index is 13.5. The normalized spacial score (nSPS) is 14.8. The maximum atomic E-state index is 13.5. The number of rotatable bonds is 3. The predicted molar refractivity (Wildman–Crippen MR) is 46.5 cm³/mol. The molecule has 0 unspecified atom stereocenters. The Labute approximate surface area is 106 Å². The molecule has 0 aromatic carbocycles. The molecule has 0 saturated heterocycles. The van der Waals surface area contributed by atoms with Gasteiger partial charge in [0, 0.05) is 6.92 Å². The van der Waals surface area contributed by atoms with Gasteiger partial charge in [-0.1, -0.05) is 0 Å². The van der Waals surface area contributed by atoms with E-state index in [0.717, 1.165) is 24.7 Å². The third-order valence-corrected chi connectivity index (χ3v) is 2.73. The lowest BCUT2D eigenvalue weighted by atomic mass is 10.1. The Hall–Kier alpha value is -1.42. The first-order valence-corrected chi connectivity index (χ1v) is 4.92. The summed E-state index contributed by atoms with van der Waals surface area (Å²) in [6.45, 7) is 0.857. The van der Waals surface area contributed by atoms with Crippen LogP contribution in [0.2, 0.25) is 0 Å². The molecule has 1 aromatic heterocycles. The van der Waals surface area contributed by atoms with Gasteiger partial charge in [-0.05, 0) is 0 Å². The number of hydrogen-bond acceptors (Lipinski definition) is 0. The highest BCUT2D eigenvalue weighted by atomic mass is 19.4. The van der Waals surface area contributed by atoms with Gasteiger partial charge in [0.25, 0.3) is 5.82 Å². The number of halogens is 9. The summed E-state index contributed by atoms with van der Waals surface area (Å²) in [7, 11) is 1.13. The van der Waals surface area contributed by atoms with Crippen LogP contribution in [0.25, 0.3) is 0 Å². The van der Waals surface area contributed by atoms with Crippen molar-refractivity contribution in [2.24, 2.45) is 7.05 Å². The van der Waals surface area contributed by atoms with E-state index in [0.29, 0.717) is 0 Å². The minimum Gasteiger partial charge on any atom is -0.237 e. The van der Waals surface area contributed by atoms with E-state index in [1.54, 1.807) is 0 Å².